The van der Waals surface area contributed by atoms with E-state index in [-0.39, 0.29) is 5.92 Å². The molecule has 24 heavy (non-hydrogen) atoms. The van der Waals surface area contributed by atoms with Gasteiger partial charge in [-0.15, -0.1) is 0 Å². The molecule has 0 unspecified atom stereocenters. The number of hydrogen-bond acceptors (Lipinski definition) is 6. The lowest BCUT2D eigenvalue weighted by molar-refractivity contribution is -0.143. The van der Waals surface area contributed by atoms with E-state index in [1.54, 1.807) is 0 Å². The van der Waals surface area contributed by atoms with Crippen molar-refractivity contribution in [1.82, 2.24) is 10.6 Å². The van der Waals surface area contributed by atoms with Gasteiger partial charge >= 0.3 is 5.97 Å². The van der Waals surface area contributed by atoms with E-state index in [4.69, 9.17) is 21.7 Å². The molecular weight excluding hydrogens is 316 g/mol. The minimum Gasteiger partial charge on any atom is -0.480 e. The van der Waals surface area contributed by atoms with Gasteiger partial charge in [-0.25, -0.2) is 4.79 Å². The van der Waals surface area contributed by atoms with Crippen LogP contribution >= 0.6 is 0 Å². The summed E-state index contributed by atoms with van der Waals surface area (Å²) in [6.45, 7) is 3.52. The maximum absolute atomic E-state index is 12.2. The fourth-order valence-corrected chi connectivity index (χ4v) is 2.08. The molecule has 0 aromatic rings. The average molecular weight is 346 g/mol. The van der Waals surface area contributed by atoms with Crippen molar-refractivity contribution in [2.75, 3.05) is 13.2 Å². The van der Waals surface area contributed by atoms with Gasteiger partial charge in [0.2, 0.25) is 11.8 Å². The van der Waals surface area contributed by atoms with Crippen LogP contribution in [-0.2, 0) is 14.4 Å². The first-order chi connectivity index (χ1) is 11.2. The molecule has 3 atom stereocenters. The molecule has 140 valence electrons. The molecule has 0 saturated heterocycles. The van der Waals surface area contributed by atoms with Crippen LogP contribution in [0.15, 0.2) is 0 Å². The van der Waals surface area contributed by atoms with Crippen molar-refractivity contribution in [3.63, 3.8) is 0 Å². The van der Waals surface area contributed by atoms with Crippen LogP contribution in [0.5, 0.6) is 0 Å². The Kier molecular flexibility index (Phi) is 10.9. The highest BCUT2D eigenvalue weighted by molar-refractivity contribution is 5.91. The van der Waals surface area contributed by atoms with Gasteiger partial charge in [0.05, 0.1) is 12.6 Å². The fourth-order valence-electron chi connectivity index (χ4n) is 2.08. The summed E-state index contributed by atoms with van der Waals surface area (Å²) < 4.78 is 0. The van der Waals surface area contributed by atoms with Gasteiger partial charge in [0.1, 0.15) is 12.1 Å². The summed E-state index contributed by atoms with van der Waals surface area (Å²) in [7, 11) is 0. The predicted octanol–water partition coefficient (Wildman–Crippen LogP) is -1.46. The first-order valence-corrected chi connectivity index (χ1v) is 8.12. The maximum Gasteiger partial charge on any atom is 0.328 e. The molecule has 0 aliphatic heterocycles. The number of hydrogen-bond donors (Lipinski definition) is 6. The zero-order valence-corrected chi connectivity index (χ0v) is 14.3. The van der Waals surface area contributed by atoms with Crippen LogP contribution < -0.4 is 22.1 Å². The van der Waals surface area contributed by atoms with E-state index in [9.17, 15) is 14.4 Å². The van der Waals surface area contributed by atoms with Crippen LogP contribution in [0, 0.1) is 5.92 Å². The first kappa shape index (κ1) is 22.3. The standard InChI is InChI=1S/C15H30N4O5/c1-9(2)7-11(14(22)19-12(8-20)15(23)24)18-13(21)10(17)5-3-4-6-16/h9-12,20H,3-8,16-17H2,1-2H3,(H,18,21)(H,19,22)(H,23,24)/t10-,11-,12-/m0/s1. The lowest BCUT2D eigenvalue weighted by atomic mass is 10.0. The molecule has 0 fully saturated rings. The van der Waals surface area contributed by atoms with Crippen molar-refractivity contribution in [1.29, 1.82) is 0 Å². The molecular formula is C15H30N4O5. The van der Waals surface area contributed by atoms with Crippen LogP contribution in [0.4, 0.5) is 0 Å². The van der Waals surface area contributed by atoms with Gasteiger partial charge in [-0.2, -0.15) is 0 Å². The number of nitrogens with two attached hydrogens (primary N) is 2. The van der Waals surface area contributed by atoms with Crippen molar-refractivity contribution in [3.05, 3.63) is 0 Å². The number of amides is 2. The third-order valence-corrected chi connectivity index (χ3v) is 3.44. The zero-order chi connectivity index (χ0) is 18.7. The maximum atomic E-state index is 12.2. The second kappa shape index (κ2) is 11.8. The summed E-state index contributed by atoms with van der Waals surface area (Å²) in [5.74, 6) is -2.39. The van der Waals surface area contributed by atoms with Crippen LogP contribution in [0.2, 0.25) is 0 Å². The molecule has 0 radical (unpaired) electrons. The SMILES string of the molecule is CC(C)C[C@H](NC(=O)[C@@H](N)CCCCN)C(=O)N[C@@H](CO)C(=O)O. The number of rotatable bonds is 12. The number of carbonyl (C=O) groups is 3. The average Bonchev–Trinajstić information content (AvgIpc) is 2.50. The third-order valence-electron chi connectivity index (χ3n) is 3.44. The molecule has 9 heteroatoms. The normalized spacial score (nSPS) is 14.8. The number of aliphatic carboxylic acids is 1. The topological polar surface area (TPSA) is 168 Å². The Labute approximate surface area is 142 Å². The lowest BCUT2D eigenvalue weighted by Crippen LogP contribution is -2.55. The van der Waals surface area contributed by atoms with Crippen LogP contribution in [0.1, 0.15) is 39.5 Å². The van der Waals surface area contributed by atoms with Gasteiger partial charge in [-0.1, -0.05) is 20.3 Å². The summed E-state index contributed by atoms with van der Waals surface area (Å²) in [5, 5.41) is 22.6. The second-order valence-electron chi connectivity index (χ2n) is 6.16. The summed E-state index contributed by atoms with van der Waals surface area (Å²) in [5.41, 5.74) is 11.2. The summed E-state index contributed by atoms with van der Waals surface area (Å²) in [6.07, 6.45) is 2.24. The van der Waals surface area contributed by atoms with Gasteiger partial charge in [0, 0.05) is 0 Å². The molecule has 0 aliphatic rings. The third kappa shape index (κ3) is 8.80. The smallest absolute Gasteiger partial charge is 0.328 e. The molecule has 0 aromatic heterocycles. The monoisotopic (exact) mass is 346 g/mol. The molecule has 0 rings (SSSR count). The summed E-state index contributed by atoms with van der Waals surface area (Å²) >= 11 is 0. The molecule has 0 aromatic carbocycles. The van der Waals surface area contributed by atoms with E-state index in [1.165, 1.54) is 0 Å². The predicted molar refractivity (Wildman–Crippen MR) is 88.9 cm³/mol. The van der Waals surface area contributed by atoms with E-state index >= 15 is 0 Å². The van der Waals surface area contributed by atoms with Gasteiger partial charge < -0.3 is 32.3 Å². The first-order valence-electron chi connectivity index (χ1n) is 8.12. The Morgan fingerprint density at radius 3 is 2.08 bits per heavy atom. The fraction of sp³-hybridized carbons (Fsp3) is 0.800. The Balaban J connectivity index is 4.78. The van der Waals surface area contributed by atoms with Crippen molar-refractivity contribution in [3.8, 4) is 0 Å². The van der Waals surface area contributed by atoms with E-state index in [0.717, 1.165) is 6.42 Å². The molecule has 0 bridgehead atoms. The van der Waals surface area contributed by atoms with Crippen molar-refractivity contribution < 1.29 is 24.6 Å². The zero-order valence-electron chi connectivity index (χ0n) is 14.3. The van der Waals surface area contributed by atoms with Crippen LogP contribution in [0.3, 0.4) is 0 Å². The Bertz CT molecular complexity index is 417. The Hall–Kier alpha value is -1.71. The van der Waals surface area contributed by atoms with Gasteiger partial charge in [-0.05, 0) is 31.7 Å². The highest BCUT2D eigenvalue weighted by Gasteiger charge is 2.28. The van der Waals surface area contributed by atoms with E-state index in [0.29, 0.717) is 25.8 Å². The Morgan fingerprint density at radius 1 is 1.04 bits per heavy atom. The number of carboxylic acids is 1. The molecule has 9 nitrogen and oxygen atoms in total. The highest BCUT2D eigenvalue weighted by atomic mass is 16.4. The lowest BCUT2D eigenvalue weighted by Gasteiger charge is -2.23. The minimum atomic E-state index is -1.41. The quantitative estimate of drug-likeness (QED) is 0.235. The largest absolute Gasteiger partial charge is 0.480 e. The molecule has 0 spiro atoms. The van der Waals surface area contributed by atoms with Gasteiger partial charge in [0.25, 0.3) is 0 Å². The van der Waals surface area contributed by atoms with Crippen molar-refractivity contribution >= 4 is 17.8 Å². The number of unbranched alkanes of at least 4 members (excludes halogenated alkanes) is 1. The minimum absolute atomic E-state index is 0.0897. The van der Waals surface area contributed by atoms with Gasteiger partial charge in [-0.3, -0.25) is 9.59 Å². The molecule has 2 amide bonds. The van der Waals surface area contributed by atoms with E-state index < -0.39 is 42.5 Å². The summed E-state index contributed by atoms with van der Waals surface area (Å²) in [6, 6.07) is -3.08. The van der Waals surface area contributed by atoms with Crippen molar-refractivity contribution in [2.45, 2.75) is 57.7 Å². The highest BCUT2D eigenvalue weighted by Crippen LogP contribution is 2.07. The number of nitrogens with one attached hydrogen (secondary N) is 2. The van der Waals surface area contributed by atoms with E-state index in [2.05, 4.69) is 10.6 Å². The summed E-state index contributed by atoms with van der Waals surface area (Å²) in [4.78, 5) is 35.2. The molecule has 0 heterocycles. The Morgan fingerprint density at radius 2 is 1.62 bits per heavy atom. The number of carboxylic acid groups (broad SMARTS) is 1. The number of carbonyl (C=O) groups excluding carboxylic acids is 2. The van der Waals surface area contributed by atoms with Crippen molar-refractivity contribution in [2.24, 2.45) is 17.4 Å². The van der Waals surface area contributed by atoms with E-state index in [1.807, 2.05) is 13.8 Å². The van der Waals surface area contributed by atoms with Crippen LogP contribution in [0.25, 0.3) is 0 Å². The van der Waals surface area contributed by atoms with Gasteiger partial charge in [0.15, 0.2) is 0 Å². The molecule has 0 saturated carbocycles. The number of aliphatic hydroxyl groups is 1. The number of aliphatic hydroxyl groups excluding tert-OH is 1. The van der Waals surface area contributed by atoms with Crippen LogP contribution in [-0.4, -0.2) is 59.3 Å². The molecule has 8 N–H and O–H groups in total. The molecule has 0 aliphatic carbocycles. The second-order valence-corrected chi connectivity index (χ2v) is 6.16.